The summed E-state index contributed by atoms with van der Waals surface area (Å²) >= 11 is 0. The molecule has 0 aliphatic heterocycles. The van der Waals surface area contributed by atoms with Gasteiger partial charge in [0.2, 0.25) is 5.82 Å². The third kappa shape index (κ3) is 3.64. The molecule has 0 aliphatic carbocycles. The Morgan fingerprint density at radius 2 is 1.69 bits per heavy atom. The molecule has 3 aromatic rings. The highest BCUT2D eigenvalue weighted by Crippen LogP contribution is 2.32. The molecule has 0 amide bonds. The van der Waals surface area contributed by atoms with Gasteiger partial charge in [-0.25, -0.2) is 13.6 Å². The maximum Gasteiger partial charge on any atom is 0.342 e. The number of ether oxygens (including phenoxy) is 1. The normalized spacial score (nSPS) is 10.4. The quantitative estimate of drug-likeness (QED) is 0.561. The van der Waals surface area contributed by atoms with Crippen molar-refractivity contribution in [3.63, 3.8) is 0 Å². The van der Waals surface area contributed by atoms with Crippen LogP contribution in [0.5, 0.6) is 0 Å². The largest absolute Gasteiger partial charge is 0.462 e. The number of nitrogens with zero attached hydrogens (tertiary/aromatic N) is 3. The summed E-state index contributed by atoms with van der Waals surface area (Å²) in [4.78, 5) is 12.6. The zero-order valence-corrected chi connectivity index (χ0v) is 13.7. The second-order valence-electron chi connectivity index (χ2n) is 5.23. The molecule has 0 spiro atoms. The van der Waals surface area contributed by atoms with Crippen molar-refractivity contribution < 1.29 is 18.3 Å². The van der Waals surface area contributed by atoms with E-state index in [-0.39, 0.29) is 23.6 Å². The molecule has 0 bridgehead atoms. The van der Waals surface area contributed by atoms with Crippen molar-refractivity contribution in [1.29, 1.82) is 0 Å². The molecule has 26 heavy (non-hydrogen) atoms. The lowest BCUT2D eigenvalue weighted by molar-refractivity contribution is -0.136. The standard InChI is InChI=1S/C18H14F2N4O2/c1-2-26-18(25)16(17-21-23-24-22-17)15(11-5-3-7-13(19)9-11)12-6-4-8-14(20)10-12/h3-10H,2H2,1H3,(H,21,22,23,24). The molecule has 0 fully saturated rings. The van der Waals surface area contributed by atoms with E-state index in [9.17, 15) is 13.6 Å². The van der Waals surface area contributed by atoms with Crippen LogP contribution in [0.25, 0.3) is 11.1 Å². The van der Waals surface area contributed by atoms with Gasteiger partial charge < -0.3 is 4.74 Å². The zero-order valence-electron chi connectivity index (χ0n) is 13.7. The first-order chi connectivity index (χ1) is 12.6. The van der Waals surface area contributed by atoms with Gasteiger partial charge in [-0.05, 0) is 47.5 Å². The third-order valence-electron chi connectivity index (χ3n) is 3.53. The summed E-state index contributed by atoms with van der Waals surface area (Å²) in [5, 5.41) is 13.4. The molecule has 0 radical (unpaired) electrons. The summed E-state index contributed by atoms with van der Waals surface area (Å²) in [5.74, 6) is -1.77. The first-order valence-corrected chi connectivity index (χ1v) is 7.77. The topological polar surface area (TPSA) is 80.8 Å². The van der Waals surface area contributed by atoms with Gasteiger partial charge in [-0.1, -0.05) is 24.3 Å². The monoisotopic (exact) mass is 356 g/mol. The summed E-state index contributed by atoms with van der Waals surface area (Å²) in [6.45, 7) is 1.76. The van der Waals surface area contributed by atoms with Crippen LogP contribution in [0, 0.1) is 11.6 Å². The number of benzene rings is 2. The molecule has 0 saturated carbocycles. The number of carbonyl (C=O) groups excluding carboxylic acids is 1. The maximum absolute atomic E-state index is 13.8. The van der Waals surface area contributed by atoms with Gasteiger partial charge in [0.1, 0.15) is 17.2 Å². The van der Waals surface area contributed by atoms with Crippen LogP contribution in [-0.2, 0) is 9.53 Å². The minimum atomic E-state index is -0.725. The van der Waals surface area contributed by atoms with Crippen LogP contribution in [0.15, 0.2) is 48.5 Å². The molecule has 0 unspecified atom stereocenters. The van der Waals surface area contributed by atoms with Crippen LogP contribution < -0.4 is 0 Å². The Balaban J connectivity index is 2.35. The molecule has 1 N–H and O–H groups in total. The highest BCUT2D eigenvalue weighted by molar-refractivity contribution is 6.25. The fourth-order valence-electron chi connectivity index (χ4n) is 2.52. The molecular weight excluding hydrogens is 342 g/mol. The lowest BCUT2D eigenvalue weighted by atomic mass is 9.92. The van der Waals surface area contributed by atoms with Crippen LogP contribution in [0.3, 0.4) is 0 Å². The molecule has 1 heterocycles. The molecule has 0 atom stereocenters. The first kappa shape index (κ1) is 17.4. The van der Waals surface area contributed by atoms with E-state index in [1.165, 1.54) is 36.4 Å². The molecule has 0 saturated heterocycles. The van der Waals surface area contributed by atoms with Crippen molar-refractivity contribution >= 4 is 17.1 Å². The van der Waals surface area contributed by atoms with Crippen molar-refractivity contribution in [3.8, 4) is 0 Å². The van der Waals surface area contributed by atoms with E-state index < -0.39 is 17.6 Å². The Kier molecular flexibility index (Phi) is 5.12. The Hall–Kier alpha value is -3.42. The van der Waals surface area contributed by atoms with Crippen LogP contribution in [0.2, 0.25) is 0 Å². The molecule has 2 aromatic carbocycles. The van der Waals surface area contributed by atoms with Crippen molar-refractivity contribution in [2.24, 2.45) is 0 Å². The molecule has 1 aromatic heterocycles. The van der Waals surface area contributed by atoms with E-state index >= 15 is 0 Å². The number of aromatic amines is 1. The minimum Gasteiger partial charge on any atom is -0.462 e. The van der Waals surface area contributed by atoms with E-state index in [1.54, 1.807) is 19.1 Å². The molecule has 0 aliphatic rings. The molecule has 8 heteroatoms. The zero-order chi connectivity index (χ0) is 18.5. The number of rotatable bonds is 5. The fraction of sp³-hybridized carbons (Fsp3) is 0.111. The lowest BCUT2D eigenvalue weighted by Gasteiger charge is -2.14. The Morgan fingerprint density at radius 1 is 1.08 bits per heavy atom. The molecule has 132 valence electrons. The average Bonchev–Trinajstić information content (AvgIpc) is 3.13. The van der Waals surface area contributed by atoms with Crippen molar-refractivity contribution in [2.75, 3.05) is 6.61 Å². The highest BCUT2D eigenvalue weighted by Gasteiger charge is 2.25. The second-order valence-corrected chi connectivity index (χ2v) is 5.23. The van der Waals surface area contributed by atoms with E-state index in [1.807, 2.05) is 0 Å². The first-order valence-electron chi connectivity index (χ1n) is 7.77. The van der Waals surface area contributed by atoms with Crippen LogP contribution in [0.4, 0.5) is 8.78 Å². The van der Waals surface area contributed by atoms with Crippen molar-refractivity contribution in [2.45, 2.75) is 6.92 Å². The number of nitrogens with one attached hydrogen (secondary N) is 1. The van der Waals surface area contributed by atoms with Gasteiger partial charge in [-0.3, -0.25) is 0 Å². The van der Waals surface area contributed by atoms with Gasteiger partial charge in [0.15, 0.2) is 0 Å². The number of H-pyrrole nitrogens is 1. The average molecular weight is 356 g/mol. The van der Waals surface area contributed by atoms with E-state index in [0.29, 0.717) is 11.1 Å². The fourth-order valence-corrected chi connectivity index (χ4v) is 2.52. The second kappa shape index (κ2) is 7.64. The van der Waals surface area contributed by atoms with Crippen LogP contribution >= 0.6 is 0 Å². The Labute approximate surface area is 147 Å². The summed E-state index contributed by atoms with van der Waals surface area (Å²) in [7, 11) is 0. The van der Waals surface area contributed by atoms with Crippen molar-refractivity contribution in [3.05, 3.63) is 77.1 Å². The van der Waals surface area contributed by atoms with Gasteiger partial charge in [0.05, 0.1) is 6.61 Å². The number of hydrogen-bond donors (Lipinski definition) is 1. The summed E-state index contributed by atoms with van der Waals surface area (Å²) < 4.78 is 32.7. The van der Waals surface area contributed by atoms with E-state index in [0.717, 1.165) is 0 Å². The van der Waals surface area contributed by atoms with Gasteiger partial charge in [-0.2, -0.15) is 5.21 Å². The van der Waals surface area contributed by atoms with Crippen LogP contribution in [-0.4, -0.2) is 33.2 Å². The van der Waals surface area contributed by atoms with Gasteiger partial charge in [-0.15, -0.1) is 10.2 Å². The van der Waals surface area contributed by atoms with E-state index in [2.05, 4.69) is 20.6 Å². The van der Waals surface area contributed by atoms with Gasteiger partial charge in [0, 0.05) is 5.57 Å². The SMILES string of the molecule is CCOC(=O)C(=C(c1cccc(F)c1)c1cccc(F)c1)c1nn[nH]n1. The predicted octanol–water partition coefficient (Wildman–Crippen LogP) is 3.00. The lowest BCUT2D eigenvalue weighted by Crippen LogP contribution is -2.11. The molecular formula is C18H14F2N4O2. The third-order valence-corrected chi connectivity index (χ3v) is 3.53. The van der Waals surface area contributed by atoms with Gasteiger partial charge in [0.25, 0.3) is 0 Å². The number of esters is 1. The Bertz CT molecular complexity index is 908. The van der Waals surface area contributed by atoms with Crippen LogP contribution in [0.1, 0.15) is 23.9 Å². The van der Waals surface area contributed by atoms with Gasteiger partial charge >= 0.3 is 5.97 Å². The number of tetrazole rings is 1. The summed E-state index contributed by atoms with van der Waals surface area (Å²) in [6, 6.07) is 11.2. The minimum absolute atomic E-state index is 0.0352. The molecule has 3 rings (SSSR count). The highest BCUT2D eigenvalue weighted by atomic mass is 19.1. The molecule has 6 nitrogen and oxygen atoms in total. The Morgan fingerprint density at radius 3 is 2.15 bits per heavy atom. The number of carbonyl (C=O) groups is 1. The number of aromatic nitrogens is 4. The number of hydrogen-bond acceptors (Lipinski definition) is 5. The van der Waals surface area contributed by atoms with Crippen molar-refractivity contribution in [1.82, 2.24) is 20.6 Å². The summed E-state index contributed by atoms with van der Waals surface area (Å²) in [6.07, 6.45) is 0. The smallest absolute Gasteiger partial charge is 0.342 e. The predicted molar refractivity (Wildman–Crippen MR) is 89.5 cm³/mol. The summed E-state index contributed by atoms with van der Waals surface area (Å²) in [5.41, 5.74) is 0.896. The maximum atomic E-state index is 13.8. The number of halogens is 2. The van der Waals surface area contributed by atoms with E-state index in [4.69, 9.17) is 4.74 Å².